The van der Waals surface area contributed by atoms with Crippen LogP contribution < -0.4 is 0 Å². The largest absolute Gasteiger partial charge is 2.00 e. The quantitative estimate of drug-likeness (QED) is 0.266. The molecule has 17 heavy (non-hydrogen) atoms. The summed E-state index contributed by atoms with van der Waals surface area (Å²) < 4.78 is 34.1. The second-order valence-electron chi connectivity index (χ2n) is 2.97. The fourth-order valence-corrected chi connectivity index (χ4v) is 0.838. The van der Waals surface area contributed by atoms with Crippen molar-refractivity contribution in [3.05, 3.63) is 35.9 Å². The zero-order chi connectivity index (χ0) is 13.2. The first-order chi connectivity index (χ1) is 7.30. The SMILES string of the molecule is CC(C)c1ccccc1.O=S(=O)([O-])[O-].OO.[Fe+2]. The van der Waals surface area contributed by atoms with Crippen LogP contribution in [0.5, 0.6) is 0 Å². The summed E-state index contributed by atoms with van der Waals surface area (Å²) in [6.07, 6.45) is 0. The molecule has 0 saturated heterocycles. The Hall–Kier alpha value is -0.471. The molecule has 8 heteroatoms. The average Bonchev–Trinajstić information content (AvgIpc) is 2.20. The van der Waals surface area contributed by atoms with Gasteiger partial charge in [-0.15, -0.1) is 0 Å². The summed E-state index contributed by atoms with van der Waals surface area (Å²) >= 11 is 0. The van der Waals surface area contributed by atoms with Gasteiger partial charge in [-0.05, 0) is 11.5 Å². The molecule has 1 aromatic carbocycles. The van der Waals surface area contributed by atoms with Gasteiger partial charge in [-0.3, -0.25) is 18.9 Å². The van der Waals surface area contributed by atoms with E-state index in [0.717, 1.165) is 0 Å². The van der Waals surface area contributed by atoms with Crippen LogP contribution in [0.3, 0.4) is 0 Å². The van der Waals surface area contributed by atoms with Gasteiger partial charge in [-0.2, -0.15) is 0 Å². The van der Waals surface area contributed by atoms with Crippen molar-refractivity contribution in [1.82, 2.24) is 0 Å². The zero-order valence-corrected chi connectivity index (χ0v) is 11.2. The maximum Gasteiger partial charge on any atom is 2.00 e. The van der Waals surface area contributed by atoms with Crippen molar-refractivity contribution >= 4 is 10.4 Å². The first kappa shape index (κ1) is 21.8. The zero-order valence-electron chi connectivity index (χ0n) is 9.25. The molecular formula is C9H14FeO6S. The molecule has 0 atom stereocenters. The van der Waals surface area contributed by atoms with E-state index in [-0.39, 0.29) is 17.1 Å². The topological polar surface area (TPSA) is 121 Å². The van der Waals surface area contributed by atoms with Crippen molar-refractivity contribution in [1.29, 1.82) is 0 Å². The summed E-state index contributed by atoms with van der Waals surface area (Å²) in [4.78, 5) is 0. The summed E-state index contributed by atoms with van der Waals surface area (Å²) in [7, 11) is -5.17. The maximum absolute atomic E-state index is 8.52. The molecule has 0 spiro atoms. The minimum Gasteiger partial charge on any atom is -0.759 e. The molecule has 1 rings (SSSR count). The Labute approximate surface area is 111 Å². The number of rotatable bonds is 1. The Morgan fingerprint density at radius 2 is 1.35 bits per heavy atom. The van der Waals surface area contributed by atoms with Crippen LogP contribution >= 0.6 is 0 Å². The molecule has 1 aromatic rings. The van der Waals surface area contributed by atoms with Gasteiger partial charge in [-0.25, -0.2) is 0 Å². The second kappa shape index (κ2) is 12.0. The average molecular weight is 306 g/mol. The van der Waals surface area contributed by atoms with Gasteiger partial charge < -0.3 is 9.11 Å². The molecule has 0 heterocycles. The number of hydrogen-bond acceptors (Lipinski definition) is 6. The molecule has 0 fully saturated rings. The van der Waals surface area contributed by atoms with Gasteiger partial charge in [0, 0.05) is 10.4 Å². The van der Waals surface area contributed by atoms with Crippen LogP contribution in [0.15, 0.2) is 30.3 Å². The molecule has 0 saturated carbocycles. The third-order valence-corrected chi connectivity index (χ3v) is 1.47. The predicted octanol–water partition coefficient (Wildman–Crippen LogP) is 1.49. The predicted molar refractivity (Wildman–Crippen MR) is 56.3 cm³/mol. The normalized spacial score (nSPS) is 9.12. The van der Waals surface area contributed by atoms with Crippen molar-refractivity contribution in [2.75, 3.05) is 0 Å². The molecular weight excluding hydrogens is 292 g/mol. The van der Waals surface area contributed by atoms with Gasteiger partial charge in [0.15, 0.2) is 0 Å². The van der Waals surface area contributed by atoms with Gasteiger partial charge in [0.2, 0.25) is 0 Å². The van der Waals surface area contributed by atoms with Crippen LogP contribution in [-0.4, -0.2) is 28.0 Å². The van der Waals surface area contributed by atoms with Gasteiger partial charge in [-0.1, -0.05) is 44.2 Å². The van der Waals surface area contributed by atoms with E-state index >= 15 is 0 Å². The molecule has 0 amide bonds. The number of benzene rings is 1. The van der Waals surface area contributed by atoms with E-state index in [4.69, 9.17) is 28.0 Å². The van der Waals surface area contributed by atoms with Crippen molar-refractivity contribution in [2.24, 2.45) is 0 Å². The molecule has 2 N–H and O–H groups in total. The fourth-order valence-electron chi connectivity index (χ4n) is 0.838. The molecule has 0 aromatic heterocycles. The monoisotopic (exact) mass is 306 g/mol. The van der Waals surface area contributed by atoms with Crippen LogP contribution in [-0.2, 0) is 27.5 Å². The van der Waals surface area contributed by atoms with Crippen molar-refractivity contribution in [2.45, 2.75) is 19.8 Å². The maximum atomic E-state index is 8.52. The second-order valence-corrected chi connectivity index (χ2v) is 3.79. The van der Waals surface area contributed by atoms with Crippen LogP contribution in [0.2, 0.25) is 0 Å². The Morgan fingerprint density at radius 1 is 1.06 bits per heavy atom. The first-order valence-electron chi connectivity index (χ1n) is 4.22. The molecule has 0 aliphatic rings. The Bertz CT molecular complexity index is 343. The summed E-state index contributed by atoms with van der Waals surface area (Å²) in [5.41, 5.74) is 1.41. The molecule has 0 aliphatic heterocycles. The van der Waals surface area contributed by atoms with Crippen LogP contribution in [0.1, 0.15) is 25.3 Å². The van der Waals surface area contributed by atoms with E-state index in [1.807, 2.05) is 6.07 Å². The summed E-state index contributed by atoms with van der Waals surface area (Å²) in [5.74, 6) is 0.659. The summed E-state index contributed by atoms with van der Waals surface area (Å²) in [5, 5.41) is 12.0. The minimum atomic E-state index is -5.17. The number of hydrogen-bond donors (Lipinski definition) is 2. The van der Waals surface area contributed by atoms with Crippen LogP contribution in [0.4, 0.5) is 0 Å². The van der Waals surface area contributed by atoms with Crippen molar-refractivity contribution in [3.8, 4) is 0 Å². The van der Waals surface area contributed by atoms with E-state index < -0.39 is 10.4 Å². The Morgan fingerprint density at radius 3 is 1.53 bits per heavy atom. The molecule has 0 radical (unpaired) electrons. The van der Waals surface area contributed by atoms with E-state index in [1.165, 1.54) is 5.56 Å². The van der Waals surface area contributed by atoms with Crippen LogP contribution in [0.25, 0.3) is 0 Å². The Balaban J connectivity index is -0.000000213. The Kier molecular flexibility index (Phi) is 15.4. The summed E-state index contributed by atoms with van der Waals surface area (Å²) in [6.45, 7) is 4.41. The minimum absolute atomic E-state index is 0. The van der Waals surface area contributed by atoms with E-state index in [9.17, 15) is 0 Å². The third-order valence-electron chi connectivity index (χ3n) is 1.47. The van der Waals surface area contributed by atoms with E-state index in [1.54, 1.807) is 0 Å². The molecule has 100 valence electrons. The first-order valence-corrected chi connectivity index (χ1v) is 5.55. The van der Waals surface area contributed by atoms with Gasteiger partial charge in [0.05, 0.1) is 0 Å². The molecule has 0 unspecified atom stereocenters. The summed E-state index contributed by atoms with van der Waals surface area (Å²) in [6, 6.07) is 10.5. The van der Waals surface area contributed by atoms with Crippen molar-refractivity contribution in [3.63, 3.8) is 0 Å². The standard InChI is InChI=1S/C9H12.Fe.H2O4S.H2O2/c1-8(2)9-6-4-3-5-7-9;;1-5(2,3)4;1-2/h3-8H,1-2H3;;(H2,1,2,3,4);1-2H/q;+2;;/p-2. The molecule has 0 bridgehead atoms. The fraction of sp³-hybridized carbons (Fsp3) is 0.333. The van der Waals surface area contributed by atoms with Crippen LogP contribution in [0, 0.1) is 0 Å². The smallest absolute Gasteiger partial charge is 0.759 e. The third kappa shape index (κ3) is 21.4. The van der Waals surface area contributed by atoms with Crippen molar-refractivity contribution < 1.29 is 45.1 Å². The van der Waals surface area contributed by atoms with Gasteiger partial charge in [0.1, 0.15) is 0 Å². The van der Waals surface area contributed by atoms with Gasteiger partial charge >= 0.3 is 17.1 Å². The molecule has 0 aliphatic carbocycles. The van der Waals surface area contributed by atoms with E-state index in [2.05, 4.69) is 38.1 Å². The van der Waals surface area contributed by atoms with E-state index in [0.29, 0.717) is 5.92 Å². The van der Waals surface area contributed by atoms with Gasteiger partial charge in [0.25, 0.3) is 0 Å². The molecule has 6 nitrogen and oxygen atoms in total.